The van der Waals surface area contributed by atoms with Gasteiger partial charge in [-0.25, -0.2) is 9.18 Å². The summed E-state index contributed by atoms with van der Waals surface area (Å²) in [4.78, 5) is 30.5. The van der Waals surface area contributed by atoms with Gasteiger partial charge in [-0.1, -0.05) is 48.5 Å². The number of aryl methyl sites for hydroxylation is 1. The van der Waals surface area contributed by atoms with E-state index in [1.165, 1.54) is 12.1 Å². The second kappa shape index (κ2) is 10.6. The fourth-order valence-corrected chi connectivity index (χ4v) is 4.82. The number of piperidine rings is 1. The normalized spacial score (nSPS) is 14.1. The zero-order chi connectivity index (χ0) is 24.9. The van der Waals surface area contributed by atoms with Gasteiger partial charge in [0, 0.05) is 47.8 Å². The summed E-state index contributed by atoms with van der Waals surface area (Å²) in [6.07, 6.45) is 2.22. The van der Waals surface area contributed by atoms with E-state index >= 15 is 0 Å². The van der Waals surface area contributed by atoms with Gasteiger partial charge in [0.25, 0.3) is 0 Å². The minimum Gasteiger partial charge on any atom is -0.354 e. The maximum absolute atomic E-state index is 14.0. The Labute approximate surface area is 209 Å². The largest absolute Gasteiger partial charge is 0.354 e. The topological polar surface area (TPSA) is 77.2 Å². The number of nitrogens with one attached hydrogen (secondary N) is 3. The highest BCUT2D eigenvalue weighted by molar-refractivity contribution is 5.92. The maximum Gasteiger partial charge on any atom is 0.321 e. The number of hydrogen-bond donors (Lipinski definition) is 3. The van der Waals surface area contributed by atoms with Crippen LogP contribution >= 0.6 is 0 Å². The van der Waals surface area contributed by atoms with Crippen LogP contribution < -0.4 is 10.6 Å². The van der Waals surface area contributed by atoms with Crippen LogP contribution in [0.3, 0.4) is 0 Å². The summed E-state index contributed by atoms with van der Waals surface area (Å²) in [6, 6.07) is 23.9. The highest BCUT2D eigenvalue weighted by atomic mass is 19.1. The van der Waals surface area contributed by atoms with Crippen molar-refractivity contribution in [1.29, 1.82) is 0 Å². The fraction of sp³-hybridized carbons (Fsp3) is 0.241. The summed E-state index contributed by atoms with van der Waals surface area (Å²) in [6.45, 7) is 1.17. The van der Waals surface area contributed by atoms with Gasteiger partial charge in [-0.2, -0.15) is 0 Å². The summed E-state index contributed by atoms with van der Waals surface area (Å²) in [7, 11) is 0. The van der Waals surface area contributed by atoms with Gasteiger partial charge in [0.15, 0.2) is 0 Å². The first-order valence-corrected chi connectivity index (χ1v) is 12.3. The Morgan fingerprint density at radius 2 is 1.64 bits per heavy atom. The van der Waals surface area contributed by atoms with E-state index in [0.29, 0.717) is 38.8 Å². The van der Waals surface area contributed by atoms with Crippen LogP contribution in [0.2, 0.25) is 0 Å². The van der Waals surface area contributed by atoms with E-state index in [1.54, 1.807) is 11.0 Å². The molecule has 0 aliphatic carbocycles. The summed E-state index contributed by atoms with van der Waals surface area (Å²) in [5.74, 6) is -0.332. The molecule has 1 aromatic heterocycles. The second-order valence-electron chi connectivity index (χ2n) is 9.16. The van der Waals surface area contributed by atoms with E-state index in [1.807, 2.05) is 60.7 Å². The van der Waals surface area contributed by atoms with Crippen molar-refractivity contribution in [2.75, 3.05) is 18.4 Å². The van der Waals surface area contributed by atoms with E-state index in [4.69, 9.17) is 0 Å². The van der Waals surface area contributed by atoms with Crippen LogP contribution in [-0.4, -0.2) is 41.0 Å². The molecule has 3 amide bonds. The van der Waals surface area contributed by atoms with Gasteiger partial charge in [-0.15, -0.1) is 0 Å². The monoisotopic (exact) mass is 484 g/mol. The number of likely N-dealkylation sites (tertiary alicyclic amines) is 1. The molecule has 36 heavy (non-hydrogen) atoms. The number of para-hydroxylation sites is 1. The van der Waals surface area contributed by atoms with Gasteiger partial charge in [-0.05, 0) is 60.7 Å². The molecule has 1 aliphatic heterocycles. The van der Waals surface area contributed by atoms with Crippen molar-refractivity contribution in [3.05, 3.63) is 90.2 Å². The number of nitrogens with zero attached hydrogens (tertiary/aromatic N) is 1. The molecule has 5 rings (SSSR count). The standard InChI is InChI=1S/C29H29FN4O2/c30-21-11-13-26-25(19-21)24(28(33-26)20-7-3-1-4-8-20)12-14-27(35)31-23-15-17-34(18-16-23)29(36)32-22-9-5-2-6-10-22/h1-11,13,19,23,33H,12,14-18H2,(H,31,35)(H,32,36). The minimum atomic E-state index is -0.296. The lowest BCUT2D eigenvalue weighted by molar-refractivity contribution is -0.122. The molecule has 0 radical (unpaired) electrons. The molecule has 184 valence electrons. The number of anilines is 1. The zero-order valence-corrected chi connectivity index (χ0v) is 20.0. The van der Waals surface area contributed by atoms with Crippen molar-refractivity contribution in [2.45, 2.75) is 31.7 Å². The Balaban J connectivity index is 1.18. The Hall–Kier alpha value is -4.13. The number of carbonyl (C=O) groups excluding carboxylic acids is 2. The van der Waals surface area contributed by atoms with E-state index in [-0.39, 0.29) is 23.8 Å². The first kappa shape index (κ1) is 23.6. The van der Waals surface area contributed by atoms with Crippen LogP contribution in [0.25, 0.3) is 22.2 Å². The highest BCUT2D eigenvalue weighted by Gasteiger charge is 2.24. The lowest BCUT2D eigenvalue weighted by atomic mass is 10.0. The third kappa shape index (κ3) is 5.40. The molecule has 7 heteroatoms. The fourth-order valence-electron chi connectivity index (χ4n) is 4.82. The maximum atomic E-state index is 14.0. The number of amides is 3. The van der Waals surface area contributed by atoms with Gasteiger partial charge in [-0.3, -0.25) is 4.79 Å². The molecule has 3 N–H and O–H groups in total. The average Bonchev–Trinajstić information content (AvgIpc) is 3.26. The van der Waals surface area contributed by atoms with Crippen molar-refractivity contribution in [3.63, 3.8) is 0 Å². The predicted molar refractivity (Wildman–Crippen MR) is 140 cm³/mol. The lowest BCUT2D eigenvalue weighted by Crippen LogP contribution is -2.47. The smallest absolute Gasteiger partial charge is 0.321 e. The van der Waals surface area contributed by atoms with Crippen LogP contribution in [0, 0.1) is 5.82 Å². The number of hydrogen-bond acceptors (Lipinski definition) is 2. The molecule has 0 saturated carbocycles. The van der Waals surface area contributed by atoms with Crippen LogP contribution in [0.1, 0.15) is 24.8 Å². The van der Waals surface area contributed by atoms with Gasteiger partial charge in [0.1, 0.15) is 5.82 Å². The molecule has 1 saturated heterocycles. The molecule has 0 unspecified atom stereocenters. The van der Waals surface area contributed by atoms with Crippen molar-refractivity contribution >= 4 is 28.5 Å². The lowest BCUT2D eigenvalue weighted by Gasteiger charge is -2.32. The van der Waals surface area contributed by atoms with Crippen LogP contribution in [0.15, 0.2) is 78.9 Å². The average molecular weight is 485 g/mol. The van der Waals surface area contributed by atoms with Crippen molar-refractivity contribution in [1.82, 2.24) is 15.2 Å². The minimum absolute atomic E-state index is 0.0345. The molecular weight excluding hydrogens is 455 g/mol. The molecule has 6 nitrogen and oxygen atoms in total. The molecular formula is C29H29FN4O2. The summed E-state index contributed by atoms with van der Waals surface area (Å²) < 4.78 is 14.0. The molecule has 1 aliphatic rings. The second-order valence-corrected chi connectivity index (χ2v) is 9.16. The molecule has 3 aromatic carbocycles. The van der Waals surface area contributed by atoms with Gasteiger partial charge in [0.05, 0.1) is 0 Å². The van der Waals surface area contributed by atoms with Crippen molar-refractivity contribution < 1.29 is 14.0 Å². The zero-order valence-electron chi connectivity index (χ0n) is 20.0. The molecule has 2 heterocycles. The third-order valence-electron chi connectivity index (χ3n) is 6.71. The van der Waals surface area contributed by atoms with Crippen molar-refractivity contribution in [2.24, 2.45) is 0 Å². The van der Waals surface area contributed by atoms with E-state index < -0.39 is 0 Å². The number of aromatic amines is 1. The van der Waals surface area contributed by atoms with Gasteiger partial charge < -0.3 is 20.5 Å². The Morgan fingerprint density at radius 1 is 0.944 bits per heavy atom. The molecule has 0 bridgehead atoms. The number of rotatable bonds is 6. The first-order valence-electron chi connectivity index (χ1n) is 12.3. The third-order valence-corrected chi connectivity index (χ3v) is 6.71. The van der Waals surface area contributed by atoms with E-state index in [9.17, 15) is 14.0 Å². The number of benzene rings is 3. The molecule has 0 atom stereocenters. The number of aromatic nitrogens is 1. The van der Waals surface area contributed by atoms with Gasteiger partial charge in [0.2, 0.25) is 5.91 Å². The van der Waals surface area contributed by atoms with E-state index in [0.717, 1.165) is 33.4 Å². The first-order chi connectivity index (χ1) is 17.6. The SMILES string of the molecule is O=C(CCc1c(-c2ccccc2)[nH]c2ccc(F)cc12)NC1CCN(C(=O)Nc2ccccc2)CC1. The van der Waals surface area contributed by atoms with Gasteiger partial charge >= 0.3 is 6.03 Å². The number of carbonyl (C=O) groups is 2. The number of H-pyrrole nitrogens is 1. The highest BCUT2D eigenvalue weighted by Crippen LogP contribution is 2.32. The summed E-state index contributed by atoms with van der Waals surface area (Å²) in [5, 5.41) is 6.84. The predicted octanol–water partition coefficient (Wildman–Crippen LogP) is 5.72. The quantitative estimate of drug-likeness (QED) is 0.327. The molecule has 4 aromatic rings. The van der Waals surface area contributed by atoms with Crippen LogP contribution in [0.4, 0.5) is 14.9 Å². The number of halogens is 1. The summed E-state index contributed by atoms with van der Waals surface area (Å²) >= 11 is 0. The Bertz CT molecular complexity index is 1350. The van der Waals surface area contributed by atoms with Crippen molar-refractivity contribution in [3.8, 4) is 11.3 Å². The molecule has 0 spiro atoms. The van der Waals surface area contributed by atoms with Crippen LogP contribution in [-0.2, 0) is 11.2 Å². The number of fused-ring (bicyclic) bond motifs is 1. The Kier molecular flexibility index (Phi) is 6.98. The Morgan fingerprint density at radius 3 is 2.36 bits per heavy atom. The summed E-state index contributed by atoms with van der Waals surface area (Å²) in [5.41, 5.74) is 4.49. The van der Waals surface area contributed by atoms with E-state index in [2.05, 4.69) is 15.6 Å². The van der Waals surface area contributed by atoms with Crippen LogP contribution in [0.5, 0.6) is 0 Å². The molecule has 1 fully saturated rings. The number of urea groups is 1.